The van der Waals surface area contributed by atoms with Crippen molar-refractivity contribution in [3.8, 4) is 11.4 Å². The molecular formula is C19H13BrClN5O. The van der Waals surface area contributed by atoms with Gasteiger partial charge < -0.3 is 10.3 Å². The number of nitrogens with zero attached hydrogens (tertiary/aromatic N) is 3. The Morgan fingerprint density at radius 1 is 1.15 bits per heavy atom. The van der Waals surface area contributed by atoms with Crippen molar-refractivity contribution in [3.05, 3.63) is 69.7 Å². The van der Waals surface area contributed by atoms with E-state index < -0.39 is 0 Å². The molecule has 0 spiro atoms. The van der Waals surface area contributed by atoms with Gasteiger partial charge in [-0.3, -0.25) is 4.79 Å². The third kappa shape index (κ3) is 3.70. The van der Waals surface area contributed by atoms with Crippen LogP contribution in [0.25, 0.3) is 22.4 Å². The van der Waals surface area contributed by atoms with Gasteiger partial charge in [0.25, 0.3) is 5.91 Å². The molecule has 0 aliphatic heterocycles. The average Bonchev–Trinajstić information content (AvgIpc) is 3.06. The highest BCUT2D eigenvalue weighted by Crippen LogP contribution is 2.29. The first-order chi connectivity index (χ1) is 13.0. The first kappa shape index (κ1) is 17.6. The summed E-state index contributed by atoms with van der Waals surface area (Å²) in [5.74, 6) is 0.858. The molecule has 1 amide bonds. The van der Waals surface area contributed by atoms with Crippen LogP contribution < -0.4 is 5.32 Å². The van der Waals surface area contributed by atoms with Gasteiger partial charge >= 0.3 is 0 Å². The number of aromatic amines is 1. The maximum Gasteiger partial charge on any atom is 0.274 e. The maximum absolute atomic E-state index is 12.5. The molecule has 0 aliphatic rings. The van der Waals surface area contributed by atoms with Crippen molar-refractivity contribution in [2.24, 2.45) is 0 Å². The zero-order valence-electron chi connectivity index (χ0n) is 14.1. The van der Waals surface area contributed by atoms with Crippen molar-refractivity contribution in [3.63, 3.8) is 0 Å². The summed E-state index contributed by atoms with van der Waals surface area (Å²) in [5.41, 5.74) is 3.33. The van der Waals surface area contributed by atoms with E-state index in [0.29, 0.717) is 22.4 Å². The lowest BCUT2D eigenvalue weighted by atomic mass is 10.2. The molecule has 0 bridgehead atoms. The molecule has 0 saturated heterocycles. The summed E-state index contributed by atoms with van der Waals surface area (Å²) < 4.78 is 0.967. The van der Waals surface area contributed by atoms with Crippen LogP contribution in [0.4, 0.5) is 5.69 Å². The first-order valence-corrected chi connectivity index (χ1v) is 9.23. The zero-order valence-corrected chi connectivity index (χ0v) is 16.5. The van der Waals surface area contributed by atoms with E-state index in [2.05, 4.69) is 41.2 Å². The number of anilines is 1. The Kier molecular flexibility index (Phi) is 4.63. The number of carbonyl (C=O) groups excluding carboxylic acids is 1. The number of nitrogens with one attached hydrogen (secondary N) is 2. The molecule has 2 heterocycles. The number of halogens is 2. The van der Waals surface area contributed by atoms with Crippen molar-refractivity contribution in [2.75, 3.05) is 5.32 Å². The lowest BCUT2D eigenvalue weighted by molar-refractivity contribution is 0.102. The molecule has 2 aromatic heterocycles. The van der Waals surface area contributed by atoms with Crippen LogP contribution in [0.1, 0.15) is 16.3 Å². The minimum absolute atomic E-state index is 0.276. The van der Waals surface area contributed by atoms with E-state index in [-0.39, 0.29) is 11.6 Å². The first-order valence-electron chi connectivity index (χ1n) is 8.06. The summed E-state index contributed by atoms with van der Waals surface area (Å²) in [6.45, 7) is 1.73. The molecule has 27 heavy (non-hydrogen) atoms. The highest BCUT2D eigenvalue weighted by Gasteiger charge is 2.13. The van der Waals surface area contributed by atoms with Crippen molar-refractivity contribution >= 4 is 50.2 Å². The van der Waals surface area contributed by atoms with Gasteiger partial charge in [0.15, 0.2) is 0 Å². The van der Waals surface area contributed by atoms with Crippen LogP contribution >= 0.6 is 27.5 Å². The van der Waals surface area contributed by atoms with E-state index in [1.165, 1.54) is 0 Å². The predicted molar refractivity (Wildman–Crippen MR) is 109 cm³/mol. The highest BCUT2D eigenvalue weighted by molar-refractivity contribution is 9.10. The Bertz CT molecular complexity index is 1170. The molecule has 2 aromatic carbocycles. The van der Waals surface area contributed by atoms with Crippen molar-refractivity contribution in [1.82, 2.24) is 19.9 Å². The summed E-state index contributed by atoms with van der Waals surface area (Å²) in [5, 5.41) is 3.22. The van der Waals surface area contributed by atoms with Gasteiger partial charge in [-0.1, -0.05) is 27.5 Å². The van der Waals surface area contributed by atoms with E-state index in [1.807, 2.05) is 24.3 Å². The van der Waals surface area contributed by atoms with E-state index in [9.17, 15) is 4.79 Å². The highest BCUT2D eigenvalue weighted by atomic mass is 79.9. The predicted octanol–water partition coefficient (Wildman–Crippen LogP) is 5.00. The number of carbonyl (C=O) groups is 1. The van der Waals surface area contributed by atoms with Crippen LogP contribution in [0.2, 0.25) is 5.02 Å². The number of rotatable bonds is 3. The molecule has 4 rings (SSSR count). The second kappa shape index (κ2) is 7.09. The normalized spacial score (nSPS) is 10.9. The van der Waals surface area contributed by atoms with Gasteiger partial charge in [0, 0.05) is 16.2 Å². The third-order valence-corrected chi connectivity index (χ3v) is 4.76. The van der Waals surface area contributed by atoms with Gasteiger partial charge in [0.1, 0.15) is 17.3 Å². The molecule has 6 nitrogen and oxygen atoms in total. The number of imidazole rings is 1. The number of aryl methyl sites for hydroxylation is 1. The number of hydrogen-bond acceptors (Lipinski definition) is 4. The summed E-state index contributed by atoms with van der Waals surface area (Å²) in [7, 11) is 0. The third-order valence-electron chi connectivity index (χ3n) is 3.94. The Labute approximate surface area is 168 Å². The Morgan fingerprint density at radius 2 is 2.00 bits per heavy atom. The number of aromatic nitrogens is 4. The van der Waals surface area contributed by atoms with Gasteiger partial charge in [-0.2, -0.15) is 0 Å². The van der Waals surface area contributed by atoms with Crippen LogP contribution in [0, 0.1) is 6.92 Å². The summed E-state index contributed by atoms with van der Waals surface area (Å²) >= 11 is 9.71. The molecular weight excluding hydrogens is 430 g/mol. The maximum atomic E-state index is 12.5. The monoisotopic (exact) mass is 441 g/mol. The van der Waals surface area contributed by atoms with E-state index in [0.717, 1.165) is 21.1 Å². The Balaban J connectivity index is 1.67. The van der Waals surface area contributed by atoms with Crippen LogP contribution in [0.3, 0.4) is 0 Å². The standard InChI is InChI=1S/C19H13BrClN5O/c1-10-22-7-6-15(23-10)19(27)26-16-8-11(2-4-13(16)21)18-24-14-5-3-12(20)9-17(14)25-18/h2-9H,1H3,(H,24,25)(H,26,27). The molecule has 134 valence electrons. The quantitative estimate of drug-likeness (QED) is 0.468. The largest absolute Gasteiger partial charge is 0.338 e. The second-order valence-corrected chi connectivity index (χ2v) is 7.21. The lowest BCUT2D eigenvalue weighted by Crippen LogP contribution is -2.14. The summed E-state index contributed by atoms with van der Waals surface area (Å²) in [6.07, 6.45) is 1.54. The molecule has 8 heteroatoms. The number of H-pyrrole nitrogens is 1. The topological polar surface area (TPSA) is 83.6 Å². The van der Waals surface area contributed by atoms with E-state index >= 15 is 0 Å². The number of benzene rings is 2. The van der Waals surface area contributed by atoms with Gasteiger partial charge in [0.2, 0.25) is 0 Å². The van der Waals surface area contributed by atoms with Crippen LogP contribution in [0.5, 0.6) is 0 Å². The van der Waals surface area contributed by atoms with Crippen molar-refractivity contribution < 1.29 is 4.79 Å². The SMILES string of the molecule is Cc1nccc(C(=O)Nc2cc(-c3nc4ccc(Br)cc4[nH]3)ccc2Cl)n1. The van der Waals surface area contributed by atoms with E-state index in [4.69, 9.17) is 11.6 Å². The van der Waals surface area contributed by atoms with Crippen LogP contribution in [-0.4, -0.2) is 25.8 Å². The summed E-state index contributed by atoms with van der Waals surface area (Å²) in [6, 6.07) is 12.7. The second-order valence-electron chi connectivity index (χ2n) is 5.88. The fourth-order valence-electron chi connectivity index (χ4n) is 2.66. The molecule has 0 unspecified atom stereocenters. The Morgan fingerprint density at radius 3 is 2.81 bits per heavy atom. The molecule has 2 N–H and O–H groups in total. The molecule has 0 atom stereocenters. The van der Waals surface area contributed by atoms with Gasteiger partial charge in [-0.05, 0) is 49.4 Å². The minimum Gasteiger partial charge on any atom is -0.338 e. The summed E-state index contributed by atoms with van der Waals surface area (Å²) in [4.78, 5) is 28.4. The lowest BCUT2D eigenvalue weighted by Gasteiger charge is -2.08. The number of fused-ring (bicyclic) bond motifs is 1. The van der Waals surface area contributed by atoms with Crippen molar-refractivity contribution in [1.29, 1.82) is 0 Å². The smallest absolute Gasteiger partial charge is 0.274 e. The van der Waals surface area contributed by atoms with Gasteiger partial charge in [0.05, 0.1) is 21.7 Å². The minimum atomic E-state index is -0.354. The fourth-order valence-corrected chi connectivity index (χ4v) is 3.18. The molecule has 0 radical (unpaired) electrons. The molecule has 4 aromatic rings. The zero-order chi connectivity index (χ0) is 19.0. The Hall–Kier alpha value is -2.77. The molecule has 0 fully saturated rings. The van der Waals surface area contributed by atoms with Crippen LogP contribution in [0.15, 0.2) is 53.1 Å². The van der Waals surface area contributed by atoms with Crippen molar-refractivity contribution in [2.45, 2.75) is 6.92 Å². The number of hydrogen-bond donors (Lipinski definition) is 2. The van der Waals surface area contributed by atoms with E-state index in [1.54, 1.807) is 31.3 Å². The molecule has 0 aliphatic carbocycles. The van der Waals surface area contributed by atoms with Crippen LogP contribution in [-0.2, 0) is 0 Å². The van der Waals surface area contributed by atoms with Gasteiger partial charge in [-0.25, -0.2) is 15.0 Å². The van der Waals surface area contributed by atoms with Gasteiger partial charge in [-0.15, -0.1) is 0 Å². The fraction of sp³-hybridized carbons (Fsp3) is 0.0526. The number of amides is 1. The average molecular weight is 443 g/mol. The molecule has 0 saturated carbocycles.